The number of carbonyl (C=O) groups excluding carboxylic acids is 2. The molecule has 0 fully saturated rings. The third-order valence-corrected chi connectivity index (χ3v) is 3.39. The topological polar surface area (TPSA) is 125 Å². The molecule has 1 rings (SSSR count). The zero-order valence-electron chi connectivity index (χ0n) is 14.4. The molecule has 0 aromatic heterocycles. The van der Waals surface area contributed by atoms with E-state index >= 15 is 0 Å². The van der Waals surface area contributed by atoms with Gasteiger partial charge >= 0.3 is 5.97 Å². The van der Waals surface area contributed by atoms with Crippen molar-refractivity contribution in [1.82, 2.24) is 10.6 Å². The minimum absolute atomic E-state index is 0.100. The molecule has 1 aromatic carbocycles. The zero-order chi connectivity index (χ0) is 18.9. The van der Waals surface area contributed by atoms with Crippen molar-refractivity contribution in [2.45, 2.75) is 32.3 Å². The molecular formula is C17H24N2O6. The highest BCUT2D eigenvalue weighted by molar-refractivity contribution is 5.96. The lowest BCUT2D eigenvalue weighted by atomic mass is 10.1. The number of carbonyl (C=O) groups is 3. The van der Waals surface area contributed by atoms with E-state index in [2.05, 4.69) is 10.6 Å². The number of carboxylic acids is 1. The van der Waals surface area contributed by atoms with E-state index in [9.17, 15) is 19.5 Å². The molecule has 0 radical (unpaired) electrons. The number of aliphatic hydroxyl groups is 1. The molecule has 0 saturated heterocycles. The largest absolute Gasteiger partial charge is 0.493 e. The minimum Gasteiger partial charge on any atom is -0.493 e. The second-order valence-corrected chi connectivity index (χ2v) is 5.64. The van der Waals surface area contributed by atoms with Crippen LogP contribution in [0.15, 0.2) is 24.3 Å². The van der Waals surface area contributed by atoms with Crippen molar-refractivity contribution in [3.63, 3.8) is 0 Å². The second kappa shape index (κ2) is 9.63. The van der Waals surface area contributed by atoms with E-state index in [1.54, 1.807) is 24.3 Å². The lowest BCUT2D eigenvalue weighted by Gasteiger charge is -2.18. The molecule has 0 aliphatic carbocycles. The molecule has 4 N–H and O–H groups in total. The maximum absolute atomic E-state index is 12.1. The highest BCUT2D eigenvalue weighted by Gasteiger charge is 2.30. The number of hydrogen-bond acceptors (Lipinski definition) is 5. The summed E-state index contributed by atoms with van der Waals surface area (Å²) in [5, 5.41) is 23.3. The Morgan fingerprint density at radius 3 is 2.52 bits per heavy atom. The van der Waals surface area contributed by atoms with Gasteiger partial charge in [-0.25, -0.2) is 4.79 Å². The van der Waals surface area contributed by atoms with Crippen molar-refractivity contribution < 1.29 is 29.3 Å². The monoisotopic (exact) mass is 352 g/mol. The summed E-state index contributed by atoms with van der Waals surface area (Å²) in [6.45, 7) is 3.28. The number of aliphatic carboxylic acids is 1. The van der Waals surface area contributed by atoms with Gasteiger partial charge in [-0.15, -0.1) is 0 Å². The summed E-state index contributed by atoms with van der Waals surface area (Å²) in [5.41, 5.74) is -1.58. The number of carboxylic acid groups (broad SMARTS) is 1. The first-order chi connectivity index (χ1) is 11.8. The fraction of sp³-hybridized carbons (Fsp3) is 0.471. The van der Waals surface area contributed by atoms with Crippen LogP contribution in [0.3, 0.4) is 0 Å². The summed E-state index contributed by atoms with van der Waals surface area (Å²) in [7, 11) is 0. The number of rotatable bonds is 10. The number of amides is 2. The van der Waals surface area contributed by atoms with Crippen molar-refractivity contribution in [2.75, 3.05) is 19.7 Å². The molecule has 1 unspecified atom stereocenters. The standard InChI is InChI=1S/C17H24N2O6/c1-3-25-13-8-5-4-7-12(13)15(21)18-10-6-9-14(20)19-11-17(2,24)16(22)23/h4-5,7-8,24H,3,6,9-11H2,1-2H3,(H,18,21)(H,19,20)(H,22,23). The van der Waals surface area contributed by atoms with Gasteiger partial charge in [0.2, 0.25) is 5.91 Å². The summed E-state index contributed by atoms with van der Waals surface area (Å²) >= 11 is 0. The lowest BCUT2D eigenvalue weighted by molar-refractivity contribution is -0.156. The fourth-order valence-electron chi connectivity index (χ4n) is 1.92. The number of benzene rings is 1. The van der Waals surface area contributed by atoms with Crippen LogP contribution in [0.25, 0.3) is 0 Å². The van der Waals surface area contributed by atoms with Crippen LogP contribution < -0.4 is 15.4 Å². The SMILES string of the molecule is CCOc1ccccc1C(=O)NCCCC(=O)NCC(C)(O)C(=O)O. The Balaban J connectivity index is 2.35. The molecule has 8 heteroatoms. The number of nitrogens with one attached hydrogen (secondary N) is 2. The molecule has 0 aliphatic heterocycles. The van der Waals surface area contributed by atoms with Crippen LogP contribution in [-0.4, -0.2) is 53.3 Å². The molecule has 2 amide bonds. The van der Waals surface area contributed by atoms with Gasteiger partial charge in [0.25, 0.3) is 5.91 Å². The van der Waals surface area contributed by atoms with Crippen LogP contribution in [0.2, 0.25) is 0 Å². The Morgan fingerprint density at radius 2 is 1.88 bits per heavy atom. The molecule has 138 valence electrons. The summed E-state index contributed by atoms with van der Waals surface area (Å²) < 4.78 is 5.39. The Bertz CT molecular complexity index is 615. The van der Waals surface area contributed by atoms with Crippen LogP contribution >= 0.6 is 0 Å². The van der Waals surface area contributed by atoms with Gasteiger partial charge in [0.1, 0.15) is 5.75 Å². The maximum Gasteiger partial charge on any atom is 0.337 e. The van der Waals surface area contributed by atoms with E-state index in [1.807, 2.05) is 6.92 Å². The van der Waals surface area contributed by atoms with Crippen molar-refractivity contribution in [3.05, 3.63) is 29.8 Å². The minimum atomic E-state index is -2.01. The number of ether oxygens (including phenoxy) is 1. The highest BCUT2D eigenvalue weighted by Crippen LogP contribution is 2.17. The van der Waals surface area contributed by atoms with Crippen LogP contribution in [-0.2, 0) is 9.59 Å². The van der Waals surface area contributed by atoms with Crippen LogP contribution in [0.4, 0.5) is 0 Å². The second-order valence-electron chi connectivity index (χ2n) is 5.64. The molecule has 1 atom stereocenters. The first-order valence-electron chi connectivity index (χ1n) is 8.00. The van der Waals surface area contributed by atoms with Gasteiger partial charge in [0, 0.05) is 13.0 Å². The van der Waals surface area contributed by atoms with Gasteiger partial charge in [-0.05, 0) is 32.4 Å². The number of hydrogen-bond donors (Lipinski definition) is 4. The van der Waals surface area contributed by atoms with E-state index in [-0.39, 0.29) is 25.4 Å². The first kappa shape index (κ1) is 20.4. The molecule has 8 nitrogen and oxygen atoms in total. The highest BCUT2D eigenvalue weighted by atomic mass is 16.5. The van der Waals surface area contributed by atoms with E-state index in [0.29, 0.717) is 24.3 Å². The van der Waals surface area contributed by atoms with Crippen molar-refractivity contribution in [3.8, 4) is 5.75 Å². The molecule has 0 aliphatic rings. The van der Waals surface area contributed by atoms with Gasteiger partial charge in [0.05, 0.1) is 18.7 Å². The maximum atomic E-state index is 12.1. The smallest absolute Gasteiger partial charge is 0.337 e. The van der Waals surface area contributed by atoms with E-state index < -0.39 is 17.5 Å². The zero-order valence-corrected chi connectivity index (χ0v) is 14.4. The summed E-state index contributed by atoms with van der Waals surface area (Å²) in [4.78, 5) is 34.5. The van der Waals surface area contributed by atoms with Crippen LogP contribution in [0.1, 0.15) is 37.0 Å². The average Bonchev–Trinajstić information content (AvgIpc) is 2.57. The average molecular weight is 352 g/mol. The molecule has 0 saturated carbocycles. The Labute approximate surface area is 146 Å². The Kier molecular flexibility index (Phi) is 7.87. The summed E-state index contributed by atoms with van der Waals surface area (Å²) in [6, 6.07) is 6.87. The van der Waals surface area contributed by atoms with E-state index in [4.69, 9.17) is 9.84 Å². The number of para-hydroxylation sites is 1. The van der Waals surface area contributed by atoms with Crippen molar-refractivity contribution in [1.29, 1.82) is 0 Å². The van der Waals surface area contributed by atoms with Gasteiger partial charge in [-0.1, -0.05) is 12.1 Å². The van der Waals surface area contributed by atoms with Gasteiger partial charge < -0.3 is 25.6 Å². The van der Waals surface area contributed by atoms with Gasteiger partial charge in [0.15, 0.2) is 5.60 Å². The molecule has 0 bridgehead atoms. The van der Waals surface area contributed by atoms with Crippen molar-refractivity contribution >= 4 is 17.8 Å². The quantitative estimate of drug-likeness (QED) is 0.456. The first-order valence-corrected chi connectivity index (χ1v) is 8.00. The predicted molar refractivity (Wildman–Crippen MR) is 90.4 cm³/mol. The molecule has 0 heterocycles. The molecule has 0 spiro atoms. The Hall–Kier alpha value is -2.61. The lowest BCUT2D eigenvalue weighted by Crippen LogP contribution is -2.46. The molecular weight excluding hydrogens is 328 g/mol. The van der Waals surface area contributed by atoms with Crippen molar-refractivity contribution in [2.24, 2.45) is 0 Å². The Morgan fingerprint density at radius 1 is 1.20 bits per heavy atom. The predicted octanol–water partition coefficient (Wildman–Crippen LogP) is 0.547. The molecule has 25 heavy (non-hydrogen) atoms. The fourth-order valence-corrected chi connectivity index (χ4v) is 1.92. The van der Waals surface area contributed by atoms with Gasteiger partial charge in [-0.2, -0.15) is 0 Å². The van der Waals surface area contributed by atoms with E-state index in [1.165, 1.54) is 0 Å². The van der Waals surface area contributed by atoms with Crippen LogP contribution in [0.5, 0.6) is 5.75 Å². The van der Waals surface area contributed by atoms with Crippen LogP contribution in [0, 0.1) is 0 Å². The normalized spacial score (nSPS) is 12.8. The molecule has 1 aromatic rings. The summed E-state index contributed by atoms with van der Waals surface area (Å²) in [5.74, 6) is -1.60. The third kappa shape index (κ3) is 6.80. The van der Waals surface area contributed by atoms with Gasteiger partial charge in [-0.3, -0.25) is 9.59 Å². The summed E-state index contributed by atoms with van der Waals surface area (Å²) in [6.07, 6.45) is 0.479. The van der Waals surface area contributed by atoms with E-state index in [0.717, 1.165) is 6.92 Å². The third-order valence-electron chi connectivity index (χ3n) is 3.39.